The zero-order valence-electron chi connectivity index (χ0n) is 10.2. The van der Waals surface area contributed by atoms with Gasteiger partial charge in [-0.05, 0) is 42.5 Å². The largest absolute Gasteiger partial charge is 0.399 e. The minimum atomic E-state index is -0.0963. The van der Waals surface area contributed by atoms with Crippen LogP contribution in [0.5, 0.6) is 0 Å². The highest BCUT2D eigenvalue weighted by atomic mass is 16.2. The van der Waals surface area contributed by atoms with Crippen LogP contribution in [0.3, 0.4) is 0 Å². The number of aromatic nitrogens is 2. The highest BCUT2D eigenvalue weighted by Gasteiger charge is 2.14. The fraction of sp³-hybridized carbons (Fsp3) is 0. The molecule has 0 amide bonds. The van der Waals surface area contributed by atoms with Gasteiger partial charge in [0.15, 0.2) is 0 Å². The molecule has 0 bridgehead atoms. The van der Waals surface area contributed by atoms with Gasteiger partial charge >= 0.3 is 0 Å². The minimum absolute atomic E-state index is 0.0963. The van der Waals surface area contributed by atoms with Crippen molar-refractivity contribution in [1.29, 1.82) is 0 Å². The van der Waals surface area contributed by atoms with Crippen LogP contribution >= 0.6 is 0 Å². The number of hydrogen-bond acceptors (Lipinski definition) is 2. The monoisotopic (exact) mass is 251 g/mol. The third kappa shape index (κ3) is 2.04. The average Bonchev–Trinajstić information content (AvgIpc) is 3.11. The summed E-state index contributed by atoms with van der Waals surface area (Å²) in [7, 11) is 0. The molecule has 0 aliphatic rings. The molecule has 0 aliphatic heterocycles. The van der Waals surface area contributed by atoms with Crippen LogP contribution in [0.2, 0.25) is 0 Å². The maximum Gasteiger partial charge on any atom is 0.264 e. The molecule has 4 nitrogen and oxygen atoms in total. The maximum absolute atomic E-state index is 12.5. The van der Waals surface area contributed by atoms with E-state index in [1.54, 1.807) is 29.1 Å². The van der Waals surface area contributed by atoms with Crippen molar-refractivity contribution in [3.8, 4) is 5.69 Å². The fourth-order valence-corrected chi connectivity index (χ4v) is 2.05. The van der Waals surface area contributed by atoms with Crippen molar-refractivity contribution in [3.05, 3.63) is 72.8 Å². The molecule has 1 aromatic carbocycles. The van der Waals surface area contributed by atoms with Gasteiger partial charge in [0.05, 0.1) is 11.3 Å². The summed E-state index contributed by atoms with van der Waals surface area (Å²) in [5.41, 5.74) is 7.77. The molecule has 3 rings (SSSR count). The van der Waals surface area contributed by atoms with Crippen LogP contribution in [0.25, 0.3) is 5.69 Å². The number of benzene rings is 1. The van der Waals surface area contributed by atoms with Gasteiger partial charge in [-0.3, -0.25) is 9.36 Å². The second-order valence-corrected chi connectivity index (χ2v) is 4.26. The second kappa shape index (κ2) is 4.49. The lowest BCUT2D eigenvalue weighted by Crippen LogP contribution is -2.13. The molecule has 0 atom stereocenters. The third-order valence-corrected chi connectivity index (χ3v) is 2.97. The van der Waals surface area contributed by atoms with Crippen LogP contribution < -0.4 is 5.73 Å². The van der Waals surface area contributed by atoms with Crippen molar-refractivity contribution in [3.63, 3.8) is 0 Å². The molecule has 2 N–H and O–H groups in total. The van der Waals surface area contributed by atoms with Gasteiger partial charge in [-0.15, -0.1) is 0 Å². The third-order valence-electron chi connectivity index (χ3n) is 2.97. The van der Waals surface area contributed by atoms with Crippen molar-refractivity contribution in [2.75, 3.05) is 5.73 Å². The molecule has 0 saturated carbocycles. The van der Waals surface area contributed by atoms with E-state index in [2.05, 4.69) is 0 Å². The summed E-state index contributed by atoms with van der Waals surface area (Å²) in [5, 5.41) is 0. The predicted octanol–water partition coefficient (Wildman–Crippen LogP) is 2.55. The van der Waals surface area contributed by atoms with Crippen LogP contribution in [0.1, 0.15) is 10.4 Å². The van der Waals surface area contributed by atoms with Crippen molar-refractivity contribution in [2.24, 2.45) is 0 Å². The molecule has 0 saturated heterocycles. The summed E-state index contributed by atoms with van der Waals surface area (Å²) in [4.78, 5) is 12.5. The molecule has 0 radical (unpaired) electrons. The fourth-order valence-electron chi connectivity index (χ4n) is 2.05. The van der Waals surface area contributed by atoms with Crippen LogP contribution in [0.4, 0.5) is 5.69 Å². The van der Waals surface area contributed by atoms with E-state index in [1.807, 2.05) is 47.3 Å². The predicted molar refractivity (Wildman–Crippen MR) is 74.3 cm³/mol. The van der Waals surface area contributed by atoms with Gasteiger partial charge in [0.1, 0.15) is 0 Å². The quantitative estimate of drug-likeness (QED) is 0.712. The summed E-state index contributed by atoms with van der Waals surface area (Å²) in [6, 6.07) is 12.8. The summed E-state index contributed by atoms with van der Waals surface area (Å²) >= 11 is 0. The second-order valence-electron chi connectivity index (χ2n) is 4.26. The van der Waals surface area contributed by atoms with E-state index >= 15 is 0 Å². The molecule has 0 fully saturated rings. The Morgan fingerprint density at radius 1 is 0.947 bits per heavy atom. The number of hydrogen-bond donors (Lipinski definition) is 1. The molecule has 0 unspecified atom stereocenters. The van der Waals surface area contributed by atoms with Crippen LogP contribution in [0.15, 0.2) is 67.3 Å². The van der Waals surface area contributed by atoms with Crippen molar-refractivity contribution >= 4 is 11.6 Å². The SMILES string of the molecule is Nc1ccc(-n2cccc2)c(C(=O)n2cccc2)c1. The standard InChI is InChI=1S/C15H13N3O/c16-12-5-6-14(17-7-1-2-8-17)13(11-12)15(19)18-9-3-4-10-18/h1-11H,16H2. The molecule has 0 aliphatic carbocycles. The molecular weight excluding hydrogens is 238 g/mol. The summed E-state index contributed by atoms with van der Waals surface area (Å²) in [5.74, 6) is -0.0963. The van der Waals surface area contributed by atoms with Gasteiger partial charge in [0.25, 0.3) is 5.91 Å². The van der Waals surface area contributed by atoms with E-state index in [9.17, 15) is 4.79 Å². The maximum atomic E-state index is 12.5. The van der Waals surface area contributed by atoms with Crippen LogP contribution in [-0.4, -0.2) is 15.0 Å². The van der Waals surface area contributed by atoms with Gasteiger partial charge in [-0.25, -0.2) is 0 Å². The zero-order chi connectivity index (χ0) is 13.2. The van der Waals surface area contributed by atoms with E-state index in [-0.39, 0.29) is 5.91 Å². The van der Waals surface area contributed by atoms with E-state index in [4.69, 9.17) is 5.73 Å². The number of anilines is 1. The Kier molecular flexibility index (Phi) is 2.68. The lowest BCUT2D eigenvalue weighted by molar-refractivity contribution is 0.0960. The molecule has 0 spiro atoms. The molecule has 19 heavy (non-hydrogen) atoms. The molecule has 2 aromatic heterocycles. The Bertz CT molecular complexity index is 697. The van der Waals surface area contributed by atoms with Gasteiger partial charge in [-0.2, -0.15) is 0 Å². The summed E-state index contributed by atoms with van der Waals surface area (Å²) in [6.45, 7) is 0. The number of rotatable bonds is 2. The Morgan fingerprint density at radius 3 is 2.26 bits per heavy atom. The van der Waals surface area contributed by atoms with Gasteiger partial charge in [0.2, 0.25) is 0 Å². The highest BCUT2D eigenvalue weighted by molar-refractivity contribution is 6.00. The normalized spacial score (nSPS) is 10.5. The summed E-state index contributed by atoms with van der Waals surface area (Å²) in [6.07, 6.45) is 7.26. The molecule has 3 aromatic rings. The van der Waals surface area contributed by atoms with Gasteiger partial charge in [-0.1, -0.05) is 0 Å². The van der Waals surface area contributed by atoms with Crippen molar-refractivity contribution < 1.29 is 4.79 Å². The number of carbonyl (C=O) groups is 1. The van der Waals surface area contributed by atoms with E-state index < -0.39 is 0 Å². The molecule has 94 valence electrons. The van der Waals surface area contributed by atoms with E-state index in [0.717, 1.165) is 5.69 Å². The van der Waals surface area contributed by atoms with Gasteiger partial charge in [0, 0.05) is 30.5 Å². The van der Waals surface area contributed by atoms with E-state index in [1.165, 1.54) is 0 Å². The Balaban J connectivity index is 2.14. The number of nitrogens with zero attached hydrogens (tertiary/aromatic N) is 2. The molecule has 2 heterocycles. The Morgan fingerprint density at radius 2 is 1.58 bits per heavy atom. The van der Waals surface area contributed by atoms with Gasteiger partial charge < -0.3 is 10.3 Å². The first kappa shape index (κ1) is 11.3. The van der Waals surface area contributed by atoms with Crippen LogP contribution in [0, 0.1) is 0 Å². The highest BCUT2D eigenvalue weighted by Crippen LogP contribution is 2.19. The number of carbonyl (C=O) groups excluding carboxylic acids is 1. The first-order valence-electron chi connectivity index (χ1n) is 5.96. The van der Waals surface area contributed by atoms with Crippen LogP contribution in [-0.2, 0) is 0 Å². The smallest absolute Gasteiger partial charge is 0.264 e. The Labute approximate surface area is 110 Å². The first-order valence-corrected chi connectivity index (χ1v) is 5.96. The Hall–Kier alpha value is -2.75. The lowest BCUT2D eigenvalue weighted by atomic mass is 10.1. The number of nitrogen functional groups attached to an aromatic ring is 1. The molecular formula is C15H13N3O. The van der Waals surface area contributed by atoms with Crippen molar-refractivity contribution in [2.45, 2.75) is 0 Å². The zero-order valence-corrected chi connectivity index (χ0v) is 10.2. The lowest BCUT2D eigenvalue weighted by Gasteiger charge is -2.11. The van der Waals surface area contributed by atoms with Crippen molar-refractivity contribution in [1.82, 2.24) is 9.13 Å². The number of nitrogens with two attached hydrogens (primary N) is 1. The minimum Gasteiger partial charge on any atom is -0.399 e. The molecule has 4 heteroatoms. The topological polar surface area (TPSA) is 52.9 Å². The van der Waals surface area contributed by atoms with E-state index in [0.29, 0.717) is 11.3 Å². The summed E-state index contributed by atoms with van der Waals surface area (Å²) < 4.78 is 3.44. The average molecular weight is 251 g/mol. The first-order chi connectivity index (χ1) is 9.25.